The zero-order chi connectivity index (χ0) is 31.1. The van der Waals surface area contributed by atoms with Crippen LogP contribution in [-0.4, -0.2) is 41.3 Å². The lowest BCUT2D eigenvalue weighted by Crippen LogP contribution is -2.48. The Bertz CT molecular complexity index is 1570. The monoisotopic (exact) mass is 592 g/mol. The fourth-order valence-corrected chi connectivity index (χ4v) is 5.16. The Morgan fingerprint density at radius 2 is 1.45 bits per heavy atom. The van der Waals surface area contributed by atoms with Crippen LogP contribution in [0.2, 0.25) is 0 Å². The minimum Gasteiger partial charge on any atom is -0.449 e. The number of benzene rings is 3. The van der Waals surface area contributed by atoms with E-state index in [1.807, 2.05) is 30.3 Å². The molecule has 1 aliphatic carbocycles. The van der Waals surface area contributed by atoms with Crippen molar-refractivity contribution >= 4 is 23.8 Å². The summed E-state index contributed by atoms with van der Waals surface area (Å²) in [7, 11) is 0. The number of carbonyl (C=O) groups is 3. The molecule has 44 heavy (non-hydrogen) atoms. The molecule has 0 unspecified atom stereocenters. The van der Waals surface area contributed by atoms with Crippen LogP contribution < -0.4 is 16.0 Å². The quantitative estimate of drug-likeness (QED) is 0.213. The normalized spacial score (nSPS) is 12.8. The highest BCUT2D eigenvalue weighted by atomic mass is 16.6. The van der Waals surface area contributed by atoms with Crippen molar-refractivity contribution in [3.8, 4) is 11.1 Å². The number of fused-ring (bicyclic) bond motifs is 3. The van der Waals surface area contributed by atoms with Gasteiger partial charge in [0, 0.05) is 36.5 Å². The van der Waals surface area contributed by atoms with Gasteiger partial charge < -0.3 is 20.1 Å². The average Bonchev–Trinajstić information content (AvgIpc) is 3.32. The van der Waals surface area contributed by atoms with E-state index >= 15 is 0 Å². The van der Waals surface area contributed by atoms with E-state index in [-0.39, 0.29) is 31.4 Å². The van der Waals surface area contributed by atoms with Gasteiger partial charge >= 0.3 is 12.2 Å². The predicted octanol–water partition coefficient (Wildman–Crippen LogP) is 6.19. The first-order chi connectivity index (χ1) is 21.2. The van der Waals surface area contributed by atoms with Gasteiger partial charge in [0.15, 0.2) is 0 Å². The van der Waals surface area contributed by atoms with Crippen LogP contribution in [0.1, 0.15) is 49.1 Å². The van der Waals surface area contributed by atoms with Gasteiger partial charge in [-0.25, -0.2) is 9.59 Å². The van der Waals surface area contributed by atoms with Gasteiger partial charge in [-0.1, -0.05) is 66.7 Å². The third-order valence-corrected chi connectivity index (χ3v) is 7.16. The summed E-state index contributed by atoms with van der Waals surface area (Å²) in [5.41, 5.74) is 5.92. The van der Waals surface area contributed by atoms with Crippen molar-refractivity contribution < 1.29 is 23.9 Å². The van der Waals surface area contributed by atoms with E-state index in [4.69, 9.17) is 9.47 Å². The zero-order valence-electron chi connectivity index (χ0n) is 25.0. The summed E-state index contributed by atoms with van der Waals surface area (Å²) >= 11 is 0. The highest BCUT2D eigenvalue weighted by Crippen LogP contribution is 2.44. The van der Waals surface area contributed by atoms with Gasteiger partial charge in [0.25, 0.3) is 0 Å². The zero-order valence-corrected chi connectivity index (χ0v) is 25.0. The summed E-state index contributed by atoms with van der Waals surface area (Å²) in [6.45, 7) is 5.74. The molecule has 0 radical (unpaired) electrons. The number of pyridine rings is 1. The number of nitrogens with zero attached hydrogens (tertiary/aromatic N) is 1. The summed E-state index contributed by atoms with van der Waals surface area (Å²) in [5, 5.41) is 8.32. The van der Waals surface area contributed by atoms with Crippen molar-refractivity contribution in [1.29, 1.82) is 0 Å². The summed E-state index contributed by atoms with van der Waals surface area (Å²) in [6.07, 6.45) is 0.607. The first kappa shape index (κ1) is 30.3. The number of ether oxygens (including phenoxy) is 2. The minimum atomic E-state index is -0.909. The topological polar surface area (TPSA) is 119 Å². The lowest BCUT2D eigenvalue weighted by Gasteiger charge is -2.20. The highest BCUT2D eigenvalue weighted by Gasteiger charge is 2.30. The van der Waals surface area contributed by atoms with E-state index in [1.165, 1.54) is 0 Å². The lowest BCUT2D eigenvalue weighted by atomic mass is 9.98. The van der Waals surface area contributed by atoms with Crippen LogP contribution in [0.15, 0.2) is 97.2 Å². The third-order valence-electron chi connectivity index (χ3n) is 7.16. The van der Waals surface area contributed by atoms with Gasteiger partial charge in [-0.05, 0) is 72.9 Å². The number of amides is 3. The fraction of sp³-hybridized carbons (Fsp3) is 0.257. The van der Waals surface area contributed by atoms with E-state index in [2.05, 4.69) is 45.2 Å². The van der Waals surface area contributed by atoms with Crippen LogP contribution in [-0.2, 0) is 27.2 Å². The largest absolute Gasteiger partial charge is 0.449 e. The molecular weight excluding hydrogens is 556 g/mol. The standard InChI is InChI=1S/C35H36N4O5/c1-35(2,3)44-34(42)38-24-17-15-23(16-18-24)21-37-32(40)31(20-25-10-8-9-19-36-25)39-33(41)43-22-30-28-13-6-4-11-26(28)27-12-5-7-14-29(27)30/h4-19,30-31H,20-22H2,1-3H3,(H,37,40)(H,38,42)(H,39,41)/t31-/m0/s1. The van der Waals surface area contributed by atoms with Gasteiger partial charge in [-0.2, -0.15) is 0 Å². The second kappa shape index (κ2) is 13.4. The molecule has 3 amide bonds. The van der Waals surface area contributed by atoms with Gasteiger partial charge in [0.1, 0.15) is 18.2 Å². The van der Waals surface area contributed by atoms with Crippen LogP contribution in [0.25, 0.3) is 11.1 Å². The summed E-state index contributed by atoms with van der Waals surface area (Å²) in [4.78, 5) is 42.7. The number of hydrogen-bond donors (Lipinski definition) is 3. The third kappa shape index (κ3) is 7.80. The van der Waals surface area contributed by atoms with Crippen molar-refractivity contribution in [1.82, 2.24) is 15.6 Å². The smallest absolute Gasteiger partial charge is 0.412 e. The number of nitrogens with one attached hydrogen (secondary N) is 3. The minimum absolute atomic E-state index is 0.0935. The Morgan fingerprint density at radius 1 is 0.818 bits per heavy atom. The highest BCUT2D eigenvalue weighted by molar-refractivity contribution is 5.86. The average molecular weight is 593 g/mol. The molecule has 5 rings (SSSR count). The SMILES string of the molecule is CC(C)(C)OC(=O)Nc1ccc(CNC(=O)[C@H](Cc2ccccn2)NC(=O)OCC2c3ccccc3-c3ccccc32)cc1. The number of aromatic nitrogens is 1. The van der Waals surface area contributed by atoms with E-state index in [0.717, 1.165) is 27.8 Å². The van der Waals surface area contributed by atoms with Gasteiger partial charge in [0.05, 0.1) is 0 Å². The maximum atomic E-state index is 13.3. The van der Waals surface area contributed by atoms with Gasteiger partial charge in [-0.3, -0.25) is 15.1 Å². The second-order valence-corrected chi connectivity index (χ2v) is 11.6. The van der Waals surface area contributed by atoms with Crippen LogP contribution in [0.5, 0.6) is 0 Å². The van der Waals surface area contributed by atoms with E-state index in [0.29, 0.717) is 11.4 Å². The fourth-order valence-electron chi connectivity index (χ4n) is 5.16. The van der Waals surface area contributed by atoms with Crippen LogP contribution >= 0.6 is 0 Å². The van der Waals surface area contributed by atoms with Crippen molar-refractivity contribution in [3.05, 3.63) is 120 Å². The molecule has 1 heterocycles. The first-order valence-electron chi connectivity index (χ1n) is 14.5. The van der Waals surface area contributed by atoms with Crippen LogP contribution in [0, 0.1) is 0 Å². The van der Waals surface area contributed by atoms with Crippen LogP contribution in [0.3, 0.4) is 0 Å². The molecule has 0 spiro atoms. The molecule has 4 aromatic rings. The summed E-state index contributed by atoms with van der Waals surface area (Å²) in [6, 6.07) is 27.8. The van der Waals surface area contributed by atoms with E-state index in [1.54, 1.807) is 63.4 Å². The Kier molecular flexibility index (Phi) is 9.23. The van der Waals surface area contributed by atoms with Crippen LogP contribution in [0.4, 0.5) is 15.3 Å². The maximum Gasteiger partial charge on any atom is 0.412 e. The van der Waals surface area contributed by atoms with Crippen molar-refractivity contribution in [3.63, 3.8) is 0 Å². The molecule has 3 N–H and O–H groups in total. The molecule has 1 aromatic heterocycles. The lowest BCUT2D eigenvalue weighted by molar-refractivity contribution is -0.123. The Balaban J connectivity index is 1.20. The first-order valence-corrected chi connectivity index (χ1v) is 14.5. The maximum absolute atomic E-state index is 13.3. The molecule has 1 atom stereocenters. The van der Waals surface area contributed by atoms with Crippen molar-refractivity contribution in [2.24, 2.45) is 0 Å². The Hall–Kier alpha value is -5.18. The molecule has 0 fully saturated rings. The molecule has 9 heteroatoms. The molecular formula is C35H36N4O5. The molecule has 3 aromatic carbocycles. The van der Waals surface area contributed by atoms with E-state index in [9.17, 15) is 14.4 Å². The summed E-state index contributed by atoms with van der Waals surface area (Å²) in [5.74, 6) is -0.468. The molecule has 0 saturated carbocycles. The predicted molar refractivity (Wildman–Crippen MR) is 168 cm³/mol. The molecule has 1 aliphatic rings. The second-order valence-electron chi connectivity index (χ2n) is 11.6. The van der Waals surface area contributed by atoms with Gasteiger partial charge in [0.2, 0.25) is 5.91 Å². The van der Waals surface area contributed by atoms with Crippen molar-refractivity contribution in [2.75, 3.05) is 11.9 Å². The number of carbonyl (C=O) groups excluding carboxylic acids is 3. The molecule has 0 saturated heterocycles. The molecule has 0 bridgehead atoms. The Morgan fingerprint density at radius 3 is 2.07 bits per heavy atom. The number of alkyl carbamates (subject to hydrolysis) is 1. The molecule has 0 aliphatic heterocycles. The Labute approximate surface area is 257 Å². The van der Waals surface area contributed by atoms with Gasteiger partial charge in [-0.15, -0.1) is 0 Å². The molecule has 9 nitrogen and oxygen atoms in total. The number of anilines is 1. The van der Waals surface area contributed by atoms with Crippen molar-refractivity contribution in [2.45, 2.75) is 51.3 Å². The number of hydrogen-bond acceptors (Lipinski definition) is 6. The number of rotatable bonds is 9. The van der Waals surface area contributed by atoms with E-state index < -0.39 is 23.8 Å². The summed E-state index contributed by atoms with van der Waals surface area (Å²) < 4.78 is 11.0. The molecule has 226 valence electrons.